The van der Waals surface area contributed by atoms with Crippen molar-refractivity contribution in [1.82, 2.24) is 10.6 Å². The minimum absolute atomic E-state index is 0.0279. The Labute approximate surface area is 99.1 Å². The van der Waals surface area contributed by atoms with E-state index in [2.05, 4.69) is 5.32 Å². The summed E-state index contributed by atoms with van der Waals surface area (Å²) in [6.07, 6.45) is 0. The highest BCUT2D eigenvalue weighted by Gasteiger charge is 2.03. The number of carbonyl (C=O) groups excluding carboxylic acids is 2. The number of ether oxygens (including phenoxy) is 1. The van der Waals surface area contributed by atoms with Gasteiger partial charge in [0.1, 0.15) is 5.75 Å². The van der Waals surface area contributed by atoms with Gasteiger partial charge in [-0.15, -0.1) is 0 Å². The van der Waals surface area contributed by atoms with Crippen molar-refractivity contribution in [3.63, 3.8) is 0 Å². The number of benzene rings is 1. The average Bonchev–Trinajstić information content (AvgIpc) is 2.28. The number of amides is 3. The first kappa shape index (κ1) is 13.0. The number of primary amides is 1. The van der Waals surface area contributed by atoms with E-state index in [1.165, 1.54) is 0 Å². The summed E-state index contributed by atoms with van der Waals surface area (Å²) < 4.78 is 5.07. The Hall–Kier alpha value is -2.08. The second-order valence-corrected chi connectivity index (χ2v) is 3.37. The molecular weight excluding hydrogens is 222 g/mol. The van der Waals surface area contributed by atoms with E-state index in [1.54, 1.807) is 7.11 Å². The normalized spacial score (nSPS) is 9.71. The highest BCUT2D eigenvalue weighted by Crippen LogP contribution is 2.11. The molecule has 1 rings (SSSR count). The molecule has 0 aliphatic heterocycles. The van der Waals surface area contributed by atoms with Crippen molar-refractivity contribution in [3.8, 4) is 5.75 Å². The van der Waals surface area contributed by atoms with E-state index in [0.29, 0.717) is 6.54 Å². The molecule has 1 aromatic carbocycles. The van der Waals surface area contributed by atoms with Crippen LogP contribution in [0.5, 0.6) is 5.75 Å². The van der Waals surface area contributed by atoms with E-state index in [4.69, 9.17) is 10.5 Å². The van der Waals surface area contributed by atoms with Crippen LogP contribution in [0.3, 0.4) is 0 Å². The Balaban J connectivity index is 2.35. The summed E-state index contributed by atoms with van der Waals surface area (Å²) in [4.78, 5) is 21.4. The van der Waals surface area contributed by atoms with E-state index < -0.39 is 11.9 Å². The fraction of sp³-hybridized carbons (Fsp3) is 0.273. The van der Waals surface area contributed by atoms with Crippen LogP contribution in [-0.2, 0) is 11.3 Å². The van der Waals surface area contributed by atoms with Gasteiger partial charge in [0.05, 0.1) is 13.7 Å². The third-order valence-electron chi connectivity index (χ3n) is 2.01. The highest BCUT2D eigenvalue weighted by atomic mass is 16.5. The van der Waals surface area contributed by atoms with Gasteiger partial charge in [-0.25, -0.2) is 4.79 Å². The number of nitrogens with one attached hydrogen (secondary N) is 2. The zero-order valence-electron chi connectivity index (χ0n) is 9.53. The molecule has 0 aliphatic carbocycles. The van der Waals surface area contributed by atoms with Gasteiger partial charge in [0, 0.05) is 6.54 Å². The second kappa shape index (κ2) is 6.49. The maximum Gasteiger partial charge on any atom is 0.318 e. The Bertz CT molecular complexity index is 407. The summed E-state index contributed by atoms with van der Waals surface area (Å²) in [7, 11) is 1.59. The Morgan fingerprint density at radius 1 is 1.41 bits per heavy atom. The topological polar surface area (TPSA) is 93.4 Å². The van der Waals surface area contributed by atoms with Gasteiger partial charge < -0.3 is 15.8 Å². The van der Waals surface area contributed by atoms with E-state index in [9.17, 15) is 9.59 Å². The number of methoxy groups -OCH3 is 1. The van der Waals surface area contributed by atoms with E-state index in [0.717, 1.165) is 11.3 Å². The smallest absolute Gasteiger partial charge is 0.318 e. The third-order valence-corrected chi connectivity index (χ3v) is 2.01. The zero-order valence-corrected chi connectivity index (χ0v) is 9.53. The molecule has 0 radical (unpaired) electrons. The molecule has 6 heteroatoms. The fourth-order valence-electron chi connectivity index (χ4n) is 1.28. The van der Waals surface area contributed by atoms with Crippen molar-refractivity contribution in [2.45, 2.75) is 6.54 Å². The lowest BCUT2D eigenvalue weighted by Gasteiger charge is -2.06. The first-order valence-corrected chi connectivity index (χ1v) is 5.04. The molecule has 0 fully saturated rings. The maximum atomic E-state index is 11.1. The molecule has 0 aromatic heterocycles. The summed E-state index contributed by atoms with van der Waals surface area (Å²) in [6, 6.07) is 6.61. The number of imide groups is 1. The van der Waals surface area contributed by atoms with Gasteiger partial charge in [-0.05, 0) is 17.7 Å². The molecule has 0 unspecified atom stereocenters. The predicted molar refractivity (Wildman–Crippen MR) is 62.4 cm³/mol. The van der Waals surface area contributed by atoms with Gasteiger partial charge in [-0.3, -0.25) is 10.1 Å². The quantitative estimate of drug-likeness (QED) is 0.671. The maximum absolute atomic E-state index is 11.1. The lowest BCUT2D eigenvalue weighted by Crippen LogP contribution is -2.40. The van der Waals surface area contributed by atoms with Crippen LogP contribution in [0.2, 0.25) is 0 Å². The number of rotatable bonds is 5. The number of carbonyl (C=O) groups is 2. The van der Waals surface area contributed by atoms with Crippen LogP contribution in [0.1, 0.15) is 5.56 Å². The molecule has 0 saturated heterocycles. The van der Waals surface area contributed by atoms with Gasteiger partial charge in [0.2, 0.25) is 5.91 Å². The third kappa shape index (κ3) is 4.98. The average molecular weight is 237 g/mol. The van der Waals surface area contributed by atoms with Crippen LogP contribution in [0.25, 0.3) is 0 Å². The van der Waals surface area contributed by atoms with Crippen molar-refractivity contribution in [3.05, 3.63) is 29.8 Å². The number of nitrogens with two attached hydrogens (primary N) is 1. The lowest BCUT2D eigenvalue weighted by atomic mass is 10.2. The van der Waals surface area contributed by atoms with Crippen LogP contribution in [0, 0.1) is 0 Å². The van der Waals surface area contributed by atoms with Gasteiger partial charge in [0.25, 0.3) is 0 Å². The van der Waals surface area contributed by atoms with Crippen LogP contribution >= 0.6 is 0 Å². The summed E-state index contributed by atoms with van der Waals surface area (Å²) in [6.45, 7) is 0.531. The number of hydrogen-bond acceptors (Lipinski definition) is 4. The number of hydrogen-bond donors (Lipinski definition) is 3. The minimum Gasteiger partial charge on any atom is -0.497 e. The largest absolute Gasteiger partial charge is 0.497 e. The molecule has 1 aromatic rings. The van der Waals surface area contributed by atoms with Crippen LogP contribution < -0.4 is 21.1 Å². The van der Waals surface area contributed by atoms with Gasteiger partial charge >= 0.3 is 6.03 Å². The molecule has 4 N–H and O–H groups in total. The number of urea groups is 1. The molecular formula is C11H15N3O3. The Kier molecular flexibility index (Phi) is 4.96. The highest BCUT2D eigenvalue weighted by molar-refractivity contribution is 5.94. The first-order valence-electron chi connectivity index (χ1n) is 5.04. The monoisotopic (exact) mass is 237 g/mol. The van der Waals surface area contributed by atoms with Crippen molar-refractivity contribution >= 4 is 11.9 Å². The molecule has 17 heavy (non-hydrogen) atoms. The lowest BCUT2D eigenvalue weighted by molar-refractivity contribution is -0.119. The van der Waals surface area contributed by atoms with Crippen molar-refractivity contribution in [2.75, 3.05) is 13.7 Å². The fourth-order valence-corrected chi connectivity index (χ4v) is 1.28. The van der Waals surface area contributed by atoms with Crippen molar-refractivity contribution in [2.24, 2.45) is 5.73 Å². The van der Waals surface area contributed by atoms with E-state index >= 15 is 0 Å². The predicted octanol–water partition coefficient (Wildman–Crippen LogP) is -0.0203. The molecule has 0 saturated carbocycles. The van der Waals surface area contributed by atoms with Crippen molar-refractivity contribution < 1.29 is 14.3 Å². The molecule has 0 spiro atoms. The summed E-state index contributed by atoms with van der Waals surface area (Å²) in [5.41, 5.74) is 5.78. The standard InChI is InChI=1S/C11H15N3O3/c1-17-9-4-2-3-8(5-9)6-13-7-10(15)14-11(12)16/h2-5,13H,6-7H2,1H3,(H3,12,14,15,16). The molecule has 0 aliphatic rings. The van der Waals surface area contributed by atoms with Crippen molar-refractivity contribution in [1.29, 1.82) is 0 Å². The van der Waals surface area contributed by atoms with Gasteiger partial charge in [0.15, 0.2) is 0 Å². The summed E-state index contributed by atoms with van der Waals surface area (Å²) in [5.74, 6) is 0.297. The summed E-state index contributed by atoms with van der Waals surface area (Å²) >= 11 is 0. The second-order valence-electron chi connectivity index (χ2n) is 3.37. The van der Waals surface area contributed by atoms with Gasteiger partial charge in [-0.1, -0.05) is 12.1 Å². The van der Waals surface area contributed by atoms with E-state index in [-0.39, 0.29) is 6.54 Å². The molecule has 0 heterocycles. The van der Waals surface area contributed by atoms with Crippen LogP contribution in [0.4, 0.5) is 4.79 Å². The van der Waals surface area contributed by atoms with E-state index in [1.807, 2.05) is 29.6 Å². The van der Waals surface area contributed by atoms with Crippen LogP contribution in [-0.4, -0.2) is 25.6 Å². The SMILES string of the molecule is COc1cccc(CNCC(=O)NC(N)=O)c1. The first-order chi connectivity index (χ1) is 8.11. The minimum atomic E-state index is -0.849. The molecule has 92 valence electrons. The van der Waals surface area contributed by atoms with Gasteiger partial charge in [-0.2, -0.15) is 0 Å². The molecule has 0 atom stereocenters. The summed E-state index contributed by atoms with van der Waals surface area (Å²) in [5, 5.41) is 4.85. The molecule has 6 nitrogen and oxygen atoms in total. The zero-order chi connectivity index (χ0) is 12.7. The Morgan fingerprint density at radius 3 is 2.82 bits per heavy atom. The van der Waals surface area contributed by atoms with Crippen LogP contribution in [0.15, 0.2) is 24.3 Å². The Morgan fingerprint density at radius 2 is 2.18 bits per heavy atom. The molecule has 3 amide bonds. The molecule has 0 bridgehead atoms.